The van der Waals surface area contributed by atoms with Crippen LogP contribution in [-0.4, -0.2) is 40.4 Å². The van der Waals surface area contributed by atoms with Gasteiger partial charge in [-0.3, -0.25) is 9.69 Å². The molecule has 0 bridgehead atoms. The average Bonchev–Trinajstić information content (AvgIpc) is 3.02. The number of benzene rings is 1. The summed E-state index contributed by atoms with van der Waals surface area (Å²) in [5.41, 5.74) is 7.36. The van der Waals surface area contributed by atoms with Crippen molar-refractivity contribution < 1.29 is 9.18 Å². The molecule has 2 aromatic rings. The van der Waals surface area contributed by atoms with E-state index >= 15 is 0 Å². The molecule has 8 heteroatoms. The lowest BCUT2D eigenvalue weighted by atomic mass is 10.1. The molecule has 1 aromatic heterocycles. The number of nitrogens with two attached hydrogens (primary N) is 1. The molecule has 3 N–H and O–H groups in total. The van der Waals surface area contributed by atoms with E-state index in [4.69, 9.17) is 17.3 Å². The Balaban J connectivity index is 1.74. The minimum absolute atomic E-state index is 0.0556. The highest BCUT2D eigenvalue weighted by Crippen LogP contribution is 2.26. The minimum atomic E-state index is -0.350. The fraction of sp³-hybridized carbons (Fsp3) is 0.353. The van der Waals surface area contributed by atoms with E-state index in [1.807, 2.05) is 11.9 Å². The van der Waals surface area contributed by atoms with Crippen LogP contribution in [0.3, 0.4) is 0 Å². The number of nitrogen functional groups attached to an aromatic ring is 1. The van der Waals surface area contributed by atoms with Crippen molar-refractivity contribution in [2.45, 2.75) is 25.4 Å². The normalized spacial score (nSPS) is 17.6. The highest BCUT2D eigenvalue weighted by molar-refractivity contribution is 6.31. The van der Waals surface area contributed by atoms with Crippen molar-refractivity contribution in [2.75, 3.05) is 19.3 Å². The first-order valence-electron chi connectivity index (χ1n) is 8.01. The fourth-order valence-electron chi connectivity index (χ4n) is 2.91. The van der Waals surface area contributed by atoms with E-state index in [9.17, 15) is 9.18 Å². The first-order valence-corrected chi connectivity index (χ1v) is 8.39. The van der Waals surface area contributed by atoms with Crippen LogP contribution in [0.5, 0.6) is 0 Å². The second-order valence-corrected chi connectivity index (χ2v) is 6.42. The lowest BCUT2D eigenvalue weighted by Gasteiger charge is -2.18. The molecule has 0 aliphatic carbocycles. The molecule has 2 heterocycles. The second-order valence-electron chi connectivity index (χ2n) is 6.06. The fourth-order valence-corrected chi connectivity index (χ4v) is 3.16. The highest BCUT2D eigenvalue weighted by atomic mass is 35.5. The first kappa shape index (κ1) is 17.6. The molecule has 0 spiro atoms. The summed E-state index contributed by atoms with van der Waals surface area (Å²) in [4.78, 5) is 22.8. The van der Waals surface area contributed by atoms with Gasteiger partial charge in [-0.1, -0.05) is 11.6 Å². The van der Waals surface area contributed by atoms with Gasteiger partial charge in [0.2, 0.25) is 5.91 Å². The standard InChI is InChI=1S/C17H19ClFN5O/c1-24-8-2-3-13(24)17(25)21-9-12-16(20)23-14(15(18)22-12)10-4-6-11(19)7-5-10/h4-7,13H,2-3,8-9H2,1H3,(H2,20,23)(H,21,25)/t13-/m1/s1. The number of anilines is 1. The Morgan fingerprint density at radius 3 is 2.76 bits per heavy atom. The molecule has 3 rings (SSSR count). The number of halogens is 2. The number of hydrogen-bond donors (Lipinski definition) is 2. The van der Waals surface area contributed by atoms with Crippen LogP contribution in [0.25, 0.3) is 11.3 Å². The summed E-state index contributed by atoms with van der Waals surface area (Å²) in [6.07, 6.45) is 1.85. The van der Waals surface area contributed by atoms with Gasteiger partial charge in [0.25, 0.3) is 0 Å². The predicted octanol–water partition coefficient (Wildman–Crippen LogP) is 2.23. The molecule has 1 aliphatic rings. The van der Waals surface area contributed by atoms with Crippen LogP contribution in [0, 0.1) is 5.82 Å². The number of carbonyl (C=O) groups excluding carboxylic acids is 1. The van der Waals surface area contributed by atoms with Crippen LogP contribution in [0.1, 0.15) is 18.5 Å². The van der Waals surface area contributed by atoms with Crippen molar-refractivity contribution in [3.63, 3.8) is 0 Å². The molecule has 0 saturated carbocycles. The van der Waals surface area contributed by atoms with Crippen molar-refractivity contribution in [2.24, 2.45) is 0 Å². The van der Waals surface area contributed by atoms with E-state index < -0.39 is 0 Å². The van der Waals surface area contributed by atoms with E-state index in [0.717, 1.165) is 19.4 Å². The average molecular weight is 364 g/mol. The van der Waals surface area contributed by atoms with E-state index in [1.54, 1.807) is 12.1 Å². The molecule has 1 aliphatic heterocycles. The zero-order valence-corrected chi connectivity index (χ0v) is 14.6. The number of likely N-dealkylation sites (tertiary alicyclic amines) is 1. The third-order valence-corrected chi connectivity index (χ3v) is 4.59. The van der Waals surface area contributed by atoms with Gasteiger partial charge >= 0.3 is 0 Å². The largest absolute Gasteiger partial charge is 0.382 e. The van der Waals surface area contributed by atoms with Gasteiger partial charge in [0.05, 0.1) is 12.6 Å². The van der Waals surface area contributed by atoms with Gasteiger partial charge in [0, 0.05) is 5.56 Å². The van der Waals surface area contributed by atoms with E-state index in [2.05, 4.69) is 15.3 Å². The molecule has 1 amide bonds. The van der Waals surface area contributed by atoms with Gasteiger partial charge in [-0.2, -0.15) is 0 Å². The number of hydrogen-bond acceptors (Lipinski definition) is 5. The smallest absolute Gasteiger partial charge is 0.237 e. The molecule has 6 nitrogen and oxygen atoms in total. The van der Waals surface area contributed by atoms with Crippen LogP contribution in [-0.2, 0) is 11.3 Å². The third-order valence-electron chi connectivity index (χ3n) is 4.33. The van der Waals surface area contributed by atoms with E-state index in [1.165, 1.54) is 12.1 Å². The minimum Gasteiger partial charge on any atom is -0.382 e. The summed E-state index contributed by atoms with van der Waals surface area (Å²) in [6, 6.07) is 5.62. The van der Waals surface area contributed by atoms with Crippen molar-refractivity contribution in [3.8, 4) is 11.3 Å². The lowest BCUT2D eigenvalue weighted by Crippen LogP contribution is -2.41. The van der Waals surface area contributed by atoms with E-state index in [-0.39, 0.29) is 35.3 Å². The number of likely N-dealkylation sites (N-methyl/N-ethyl adjacent to an activating group) is 1. The van der Waals surface area contributed by atoms with Crippen LogP contribution in [0.2, 0.25) is 5.15 Å². The van der Waals surface area contributed by atoms with Gasteiger partial charge in [-0.25, -0.2) is 14.4 Å². The summed E-state index contributed by atoms with van der Waals surface area (Å²) in [6.45, 7) is 1.07. The number of carbonyl (C=O) groups is 1. The maximum atomic E-state index is 13.0. The summed E-state index contributed by atoms with van der Waals surface area (Å²) >= 11 is 6.20. The number of nitrogens with zero attached hydrogens (tertiary/aromatic N) is 3. The molecular formula is C17H19ClFN5O. The van der Waals surface area contributed by atoms with Crippen LogP contribution in [0.4, 0.5) is 10.2 Å². The van der Waals surface area contributed by atoms with Crippen molar-refractivity contribution in [1.82, 2.24) is 20.2 Å². The van der Waals surface area contributed by atoms with Crippen LogP contribution in [0.15, 0.2) is 24.3 Å². The second kappa shape index (κ2) is 7.33. The van der Waals surface area contributed by atoms with Crippen molar-refractivity contribution in [1.29, 1.82) is 0 Å². The molecule has 1 fully saturated rings. The molecule has 132 valence electrons. The molecule has 1 atom stereocenters. The lowest BCUT2D eigenvalue weighted by molar-refractivity contribution is -0.125. The van der Waals surface area contributed by atoms with Crippen LogP contribution < -0.4 is 11.1 Å². The maximum Gasteiger partial charge on any atom is 0.237 e. The molecule has 25 heavy (non-hydrogen) atoms. The zero-order valence-electron chi connectivity index (χ0n) is 13.8. The zero-order chi connectivity index (χ0) is 18.0. The van der Waals surface area contributed by atoms with Crippen molar-refractivity contribution >= 4 is 23.3 Å². The summed E-state index contributed by atoms with van der Waals surface area (Å²) in [5.74, 6) is -0.222. The summed E-state index contributed by atoms with van der Waals surface area (Å²) < 4.78 is 13.0. The van der Waals surface area contributed by atoms with Gasteiger partial charge in [-0.15, -0.1) is 0 Å². The van der Waals surface area contributed by atoms with Gasteiger partial charge in [-0.05, 0) is 50.7 Å². The number of aromatic nitrogens is 2. The Morgan fingerprint density at radius 1 is 1.40 bits per heavy atom. The molecule has 0 radical (unpaired) electrons. The molecule has 0 unspecified atom stereocenters. The van der Waals surface area contributed by atoms with Crippen LogP contribution >= 0.6 is 11.6 Å². The number of amides is 1. The number of rotatable bonds is 4. The van der Waals surface area contributed by atoms with E-state index in [0.29, 0.717) is 17.0 Å². The Hall–Kier alpha value is -2.25. The quantitative estimate of drug-likeness (QED) is 0.870. The number of nitrogens with one attached hydrogen (secondary N) is 1. The van der Waals surface area contributed by atoms with Gasteiger partial charge < -0.3 is 11.1 Å². The summed E-state index contributed by atoms with van der Waals surface area (Å²) in [7, 11) is 1.93. The Labute approximate surface area is 150 Å². The molecule has 1 saturated heterocycles. The Kier molecular flexibility index (Phi) is 5.15. The topological polar surface area (TPSA) is 84.1 Å². The Bertz CT molecular complexity index is 783. The first-order chi connectivity index (χ1) is 12.0. The molecular weight excluding hydrogens is 345 g/mol. The maximum absolute atomic E-state index is 13.0. The van der Waals surface area contributed by atoms with Gasteiger partial charge in [0.1, 0.15) is 23.0 Å². The third kappa shape index (κ3) is 3.88. The van der Waals surface area contributed by atoms with Crippen molar-refractivity contribution in [3.05, 3.63) is 40.9 Å². The summed E-state index contributed by atoms with van der Waals surface area (Å²) in [5, 5.41) is 2.99. The monoisotopic (exact) mass is 363 g/mol. The molecule has 1 aromatic carbocycles. The Morgan fingerprint density at radius 2 is 2.12 bits per heavy atom. The predicted molar refractivity (Wildman–Crippen MR) is 94.3 cm³/mol. The SMILES string of the molecule is CN1CCC[C@@H]1C(=O)NCc1nc(Cl)c(-c2ccc(F)cc2)nc1N. The highest BCUT2D eigenvalue weighted by Gasteiger charge is 2.27. The van der Waals surface area contributed by atoms with Gasteiger partial charge in [0.15, 0.2) is 5.15 Å².